The number of alkyl halides is 3. The van der Waals surface area contributed by atoms with Gasteiger partial charge >= 0.3 is 6.18 Å². The molecule has 1 fully saturated rings. The first-order valence-corrected chi connectivity index (χ1v) is 4.35. The number of rotatable bonds is 1. The molecule has 0 spiro atoms. The first kappa shape index (κ1) is 9.84. The average Bonchev–Trinajstić information content (AvgIpc) is 2.12. The Labute approximate surface area is 70.3 Å². The largest absolute Gasteiger partial charge is 0.389 e. The van der Waals surface area contributed by atoms with Crippen molar-refractivity contribution in [2.45, 2.75) is 31.9 Å². The van der Waals surface area contributed by atoms with Gasteiger partial charge in [-0.15, -0.1) is 0 Å². The topological polar surface area (TPSA) is 12.0 Å². The molecule has 1 rings (SSSR count). The maximum absolute atomic E-state index is 12.0. The lowest BCUT2D eigenvalue weighted by molar-refractivity contribution is -0.145. The van der Waals surface area contributed by atoms with Crippen molar-refractivity contribution in [2.24, 2.45) is 5.92 Å². The van der Waals surface area contributed by atoms with Gasteiger partial charge in [-0.25, -0.2) is 0 Å². The molecule has 0 radical (unpaired) electrons. The number of halogens is 3. The second-order valence-electron chi connectivity index (χ2n) is 3.37. The van der Waals surface area contributed by atoms with Gasteiger partial charge in [0.2, 0.25) is 0 Å². The van der Waals surface area contributed by atoms with Crippen LogP contribution in [0.1, 0.15) is 25.7 Å². The molecule has 72 valence electrons. The Kier molecular flexibility index (Phi) is 3.38. The first-order valence-electron chi connectivity index (χ1n) is 4.35. The van der Waals surface area contributed by atoms with Crippen molar-refractivity contribution in [2.75, 3.05) is 13.1 Å². The van der Waals surface area contributed by atoms with Crippen LogP contribution >= 0.6 is 0 Å². The molecule has 1 N–H and O–H groups in total. The van der Waals surface area contributed by atoms with Gasteiger partial charge in [-0.3, -0.25) is 0 Å². The maximum atomic E-state index is 12.0. The van der Waals surface area contributed by atoms with Crippen LogP contribution in [0.15, 0.2) is 0 Å². The molecule has 1 nitrogen and oxygen atoms in total. The summed E-state index contributed by atoms with van der Waals surface area (Å²) in [6.07, 6.45) is -2.32. The van der Waals surface area contributed by atoms with Crippen LogP contribution in [0.4, 0.5) is 13.2 Å². The zero-order valence-corrected chi connectivity index (χ0v) is 6.95. The van der Waals surface area contributed by atoms with Crippen molar-refractivity contribution < 1.29 is 13.2 Å². The van der Waals surface area contributed by atoms with Crippen molar-refractivity contribution in [3.63, 3.8) is 0 Å². The standard InChI is InChI=1S/C8H14F3N/c9-8(10,11)6-7-2-1-4-12-5-3-7/h7,12H,1-6H2. The quantitative estimate of drug-likeness (QED) is 0.654. The van der Waals surface area contributed by atoms with Gasteiger partial charge in [-0.2, -0.15) is 13.2 Å². The maximum Gasteiger partial charge on any atom is 0.389 e. The van der Waals surface area contributed by atoms with E-state index in [-0.39, 0.29) is 5.92 Å². The monoisotopic (exact) mass is 181 g/mol. The average molecular weight is 181 g/mol. The van der Waals surface area contributed by atoms with E-state index in [2.05, 4.69) is 5.32 Å². The fourth-order valence-electron chi connectivity index (χ4n) is 1.62. The van der Waals surface area contributed by atoms with Gasteiger partial charge in [0.25, 0.3) is 0 Å². The lowest BCUT2D eigenvalue weighted by Crippen LogP contribution is -2.17. The molecule has 0 aromatic heterocycles. The summed E-state index contributed by atoms with van der Waals surface area (Å²) in [4.78, 5) is 0. The van der Waals surface area contributed by atoms with Gasteiger partial charge in [0.05, 0.1) is 0 Å². The molecular formula is C8H14F3N. The summed E-state index contributed by atoms with van der Waals surface area (Å²) in [7, 11) is 0. The summed E-state index contributed by atoms with van der Waals surface area (Å²) in [6, 6.07) is 0. The minimum atomic E-state index is -3.98. The van der Waals surface area contributed by atoms with Crippen LogP contribution in [0.5, 0.6) is 0 Å². The van der Waals surface area contributed by atoms with Crippen molar-refractivity contribution in [1.29, 1.82) is 0 Å². The lowest BCUT2D eigenvalue weighted by atomic mass is 9.97. The van der Waals surface area contributed by atoms with E-state index in [9.17, 15) is 13.2 Å². The van der Waals surface area contributed by atoms with Gasteiger partial charge < -0.3 is 5.32 Å². The highest BCUT2D eigenvalue weighted by Crippen LogP contribution is 2.29. The number of hydrogen-bond donors (Lipinski definition) is 1. The summed E-state index contributed by atoms with van der Waals surface area (Å²) in [5.74, 6) is -0.153. The van der Waals surface area contributed by atoms with Crippen LogP contribution in [0.3, 0.4) is 0 Å². The smallest absolute Gasteiger partial charge is 0.317 e. The van der Waals surface area contributed by atoms with Gasteiger partial charge in [-0.1, -0.05) is 0 Å². The Bertz CT molecular complexity index is 125. The first-order chi connectivity index (χ1) is 5.58. The molecule has 1 aliphatic heterocycles. The van der Waals surface area contributed by atoms with E-state index in [1.54, 1.807) is 0 Å². The summed E-state index contributed by atoms with van der Waals surface area (Å²) in [6.45, 7) is 1.61. The van der Waals surface area contributed by atoms with E-state index in [1.807, 2.05) is 0 Å². The van der Waals surface area contributed by atoms with Crippen molar-refractivity contribution in [3.8, 4) is 0 Å². The Morgan fingerprint density at radius 3 is 2.58 bits per heavy atom. The zero-order valence-electron chi connectivity index (χ0n) is 6.95. The lowest BCUT2D eigenvalue weighted by Gasteiger charge is -2.15. The molecule has 0 aromatic carbocycles. The molecule has 0 bridgehead atoms. The van der Waals surface area contributed by atoms with E-state index in [0.29, 0.717) is 12.8 Å². The molecule has 0 saturated carbocycles. The number of hydrogen-bond acceptors (Lipinski definition) is 1. The SMILES string of the molecule is FC(F)(F)CC1CCCNCC1. The van der Waals surface area contributed by atoms with Gasteiger partial charge in [0.1, 0.15) is 0 Å². The van der Waals surface area contributed by atoms with E-state index in [0.717, 1.165) is 19.5 Å². The van der Waals surface area contributed by atoms with Crippen molar-refractivity contribution in [1.82, 2.24) is 5.32 Å². The predicted molar refractivity (Wildman–Crippen MR) is 40.9 cm³/mol. The Balaban J connectivity index is 2.30. The summed E-state index contributed by atoms with van der Waals surface area (Å²) >= 11 is 0. The van der Waals surface area contributed by atoms with E-state index < -0.39 is 12.6 Å². The van der Waals surface area contributed by atoms with Crippen LogP contribution in [-0.4, -0.2) is 19.3 Å². The predicted octanol–water partition coefficient (Wildman–Crippen LogP) is 2.33. The second kappa shape index (κ2) is 4.12. The molecule has 12 heavy (non-hydrogen) atoms. The fraction of sp³-hybridized carbons (Fsp3) is 1.00. The summed E-state index contributed by atoms with van der Waals surface area (Å²) in [5, 5.41) is 3.10. The Morgan fingerprint density at radius 1 is 1.17 bits per heavy atom. The molecule has 1 atom stereocenters. The minimum Gasteiger partial charge on any atom is -0.317 e. The molecule has 1 aliphatic rings. The third-order valence-corrected chi connectivity index (χ3v) is 2.22. The molecule has 0 aliphatic carbocycles. The molecule has 1 unspecified atom stereocenters. The molecule has 1 saturated heterocycles. The van der Waals surface area contributed by atoms with E-state index in [4.69, 9.17) is 0 Å². The molecular weight excluding hydrogens is 167 g/mol. The van der Waals surface area contributed by atoms with Crippen LogP contribution in [-0.2, 0) is 0 Å². The van der Waals surface area contributed by atoms with E-state index >= 15 is 0 Å². The third-order valence-electron chi connectivity index (χ3n) is 2.22. The van der Waals surface area contributed by atoms with Crippen LogP contribution in [0.25, 0.3) is 0 Å². The summed E-state index contributed by atoms with van der Waals surface area (Å²) in [5.41, 5.74) is 0. The van der Waals surface area contributed by atoms with Crippen molar-refractivity contribution in [3.05, 3.63) is 0 Å². The number of nitrogens with one attached hydrogen (secondary N) is 1. The normalized spacial score (nSPS) is 26.8. The second-order valence-corrected chi connectivity index (χ2v) is 3.37. The van der Waals surface area contributed by atoms with Gasteiger partial charge in [0, 0.05) is 6.42 Å². The Morgan fingerprint density at radius 2 is 1.92 bits per heavy atom. The molecule has 1 heterocycles. The molecule has 0 amide bonds. The van der Waals surface area contributed by atoms with Crippen LogP contribution in [0, 0.1) is 5.92 Å². The Hall–Kier alpha value is -0.250. The third kappa shape index (κ3) is 3.95. The highest BCUT2D eigenvalue weighted by atomic mass is 19.4. The van der Waals surface area contributed by atoms with Crippen LogP contribution < -0.4 is 5.32 Å². The van der Waals surface area contributed by atoms with E-state index in [1.165, 1.54) is 0 Å². The van der Waals surface area contributed by atoms with Crippen molar-refractivity contribution >= 4 is 0 Å². The summed E-state index contributed by atoms with van der Waals surface area (Å²) < 4.78 is 35.9. The minimum absolute atomic E-state index is 0.153. The fourth-order valence-corrected chi connectivity index (χ4v) is 1.62. The molecule has 4 heteroatoms. The zero-order chi connectivity index (χ0) is 9.03. The molecule has 0 aromatic rings. The van der Waals surface area contributed by atoms with Gasteiger partial charge in [0.15, 0.2) is 0 Å². The highest BCUT2D eigenvalue weighted by molar-refractivity contribution is 4.69. The van der Waals surface area contributed by atoms with Gasteiger partial charge in [-0.05, 0) is 38.3 Å². The van der Waals surface area contributed by atoms with Crippen LogP contribution in [0.2, 0.25) is 0 Å². The highest BCUT2D eigenvalue weighted by Gasteiger charge is 2.31.